The van der Waals surface area contributed by atoms with E-state index in [1.54, 1.807) is 0 Å². The van der Waals surface area contributed by atoms with Gasteiger partial charge in [0.15, 0.2) is 0 Å². The van der Waals surface area contributed by atoms with Gasteiger partial charge in [-0.05, 0) is 12.0 Å². The summed E-state index contributed by atoms with van der Waals surface area (Å²) in [5, 5.41) is 9.81. The number of benzene rings is 1. The normalized spacial score (nSPS) is 13.6. The monoisotopic (exact) mass is 266 g/mol. The molecule has 1 aromatic carbocycles. The summed E-state index contributed by atoms with van der Waals surface area (Å²) in [4.78, 5) is 0. The third kappa shape index (κ3) is 7.64. The van der Waals surface area contributed by atoms with Crippen molar-refractivity contribution in [3.05, 3.63) is 35.9 Å². The second-order valence-corrected chi connectivity index (χ2v) is 11.7. The Balaban J connectivity index is 2.09. The van der Waals surface area contributed by atoms with Crippen LogP contribution in [0, 0.1) is 0 Å². The first-order chi connectivity index (χ1) is 8.47. The Morgan fingerprint density at radius 1 is 1.17 bits per heavy atom. The second-order valence-electron chi connectivity index (χ2n) is 6.11. The number of rotatable bonds is 8. The van der Waals surface area contributed by atoms with Crippen LogP contribution in [0.3, 0.4) is 0 Å². The molecule has 0 aromatic heterocycles. The minimum Gasteiger partial charge on any atom is -0.391 e. The number of hydrogen-bond donors (Lipinski definition) is 1. The van der Waals surface area contributed by atoms with E-state index in [0.29, 0.717) is 13.2 Å². The quantitative estimate of drug-likeness (QED) is 0.727. The summed E-state index contributed by atoms with van der Waals surface area (Å²) >= 11 is 0. The van der Waals surface area contributed by atoms with E-state index in [0.717, 1.165) is 18.4 Å². The van der Waals surface area contributed by atoms with Crippen LogP contribution in [-0.2, 0) is 11.3 Å². The van der Waals surface area contributed by atoms with Gasteiger partial charge in [-0.2, -0.15) is 0 Å². The Labute approximate surface area is 112 Å². The van der Waals surface area contributed by atoms with Crippen molar-refractivity contribution < 1.29 is 9.84 Å². The molecule has 0 aliphatic rings. The van der Waals surface area contributed by atoms with Gasteiger partial charge in [-0.15, -0.1) is 0 Å². The van der Waals surface area contributed by atoms with Crippen LogP contribution >= 0.6 is 0 Å². The fourth-order valence-corrected chi connectivity index (χ4v) is 3.10. The molecule has 0 bridgehead atoms. The molecule has 0 amide bonds. The fourth-order valence-electron chi connectivity index (χ4n) is 1.84. The van der Waals surface area contributed by atoms with Crippen LogP contribution in [-0.4, -0.2) is 25.9 Å². The van der Waals surface area contributed by atoms with Crippen molar-refractivity contribution in [2.75, 3.05) is 6.61 Å². The summed E-state index contributed by atoms with van der Waals surface area (Å²) in [5.41, 5.74) is 1.16. The highest BCUT2D eigenvalue weighted by Gasteiger charge is 2.13. The van der Waals surface area contributed by atoms with Gasteiger partial charge in [0.05, 0.1) is 19.3 Å². The Morgan fingerprint density at radius 2 is 1.83 bits per heavy atom. The summed E-state index contributed by atoms with van der Waals surface area (Å²) in [6, 6.07) is 11.4. The van der Waals surface area contributed by atoms with E-state index in [-0.39, 0.29) is 6.10 Å². The van der Waals surface area contributed by atoms with Crippen LogP contribution in [0.15, 0.2) is 30.3 Å². The molecular weight excluding hydrogens is 240 g/mol. The van der Waals surface area contributed by atoms with Crippen molar-refractivity contribution in [2.24, 2.45) is 0 Å². The Bertz CT molecular complexity index is 319. The van der Waals surface area contributed by atoms with Gasteiger partial charge < -0.3 is 9.84 Å². The zero-order valence-electron chi connectivity index (χ0n) is 11.9. The number of aliphatic hydroxyl groups excluding tert-OH is 1. The molecule has 1 atom stereocenters. The summed E-state index contributed by atoms with van der Waals surface area (Å²) in [6.07, 6.45) is 1.66. The summed E-state index contributed by atoms with van der Waals surface area (Å²) < 4.78 is 5.53. The smallest absolute Gasteiger partial charge is 0.0773 e. The predicted molar refractivity (Wildman–Crippen MR) is 79.5 cm³/mol. The Morgan fingerprint density at radius 3 is 2.44 bits per heavy atom. The molecule has 0 saturated heterocycles. The third-order valence-electron chi connectivity index (χ3n) is 2.89. The van der Waals surface area contributed by atoms with Gasteiger partial charge >= 0.3 is 0 Å². The molecule has 102 valence electrons. The molecule has 1 aromatic rings. The lowest BCUT2D eigenvalue weighted by Crippen LogP contribution is -2.21. The zero-order valence-corrected chi connectivity index (χ0v) is 12.9. The van der Waals surface area contributed by atoms with Gasteiger partial charge in [0.1, 0.15) is 0 Å². The van der Waals surface area contributed by atoms with Gasteiger partial charge in [-0.1, -0.05) is 62.4 Å². The van der Waals surface area contributed by atoms with E-state index in [1.807, 2.05) is 30.3 Å². The average Bonchev–Trinajstić information content (AvgIpc) is 2.28. The van der Waals surface area contributed by atoms with Crippen LogP contribution in [0.25, 0.3) is 0 Å². The lowest BCUT2D eigenvalue weighted by Gasteiger charge is -2.17. The van der Waals surface area contributed by atoms with Crippen LogP contribution in [0.4, 0.5) is 0 Å². The lowest BCUT2D eigenvalue weighted by molar-refractivity contribution is 0.0242. The van der Waals surface area contributed by atoms with Crippen LogP contribution in [0.1, 0.15) is 18.4 Å². The molecule has 1 N–H and O–H groups in total. The first kappa shape index (κ1) is 15.4. The van der Waals surface area contributed by atoms with E-state index in [2.05, 4.69) is 19.6 Å². The molecule has 0 spiro atoms. The first-order valence-corrected chi connectivity index (χ1v) is 10.5. The van der Waals surface area contributed by atoms with Crippen molar-refractivity contribution in [3.63, 3.8) is 0 Å². The summed E-state index contributed by atoms with van der Waals surface area (Å²) in [5.74, 6) is 0. The second kappa shape index (κ2) is 7.72. The standard InChI is InChI=1S/C15H26O2Si/c1-18(2,3)11-7-10-15(16)13-17-12-14-8-5-4-6-9-14/h4-6,8-9,15-16H,7,10-13H2,1-3H3/t15-/m1/s1. The zero-order chi connectivity index (χ0) is 13.4. The van der Waals surface area contributed by atoms with Gasteiger partial charge in [0.2, 0.25) is 0 Å². The maximum atomic E-state index is 9.81. The molecular formula is C15H26O2Si. The molecule has 0 aliphatic heterocycles. The summed E-state index contributed by atoms with van der Waals surface area (Å²) in [7, 11) is -0.960. The maximum Gasteiger partial charge on any atom is 0.0773 e. The fraction of sp³-hybridized carbons (Fsp3) is 0.600. The van der Waals surface area contributed by atoms with E-state index >= 15 is 0 Å². The van der Waals surface area contributed by atoms with Gasteiger partial charge in [0.25, 0.3) is 0 Å². The van der Waals surface area contributed by atoms with Crippen molar-refractivity contribution in [1.29, 1.82) is 0 Å². The Kier molecular flexibility index (Phi) is 6.61. The van der Waals surface area contributed by atoms with Crippen LogP contribution < -0.4 is 0 Å². The topological polar surface area (TPSA) is 29.5 Å². The largest absolute Gasteiger partial charge is 0.391 e. The van der Waals surface area contributed by atoms with Gasteiger partial charge in [0, 0.05) is 8.07 Å². The minimum absolute atomic E-state index is 0.315. The Hall–Kier alpha value is -0.643. The van der Waals surface area contributed by atoms with E-state index in [9.17, 15) is 5.11 Å². The average molecular weight is 266 g/mol. The predicted octanol–water partition coefficient (Wildman–Crippen LogP) is 3.68. The van der Waals surface area contributed by atoms with Crippen molar-refractivity contribution in [1.82, 2.24) is 0 Å². The molecule has 0 heterocycles. The number of aliphatic hydroxyl groups is 1. The highest BCUT2D eigenvalue weighted by Crippen LogP contribution is 2.14. The lowest BCUT2D eigenvalue weighted by atomic mass is 10.2. The molecule has 18 heavy (non-hydrogen) atoms. The number of ether oxygens (including phenoxy) is 1. The van der Waals surface area contributed by atoms with Crippen molar-refractivity contribution in [3.8, 4) is 0 Å². The summed E-state index contributed by atoms with van der Waals surface area (Å²) in [6.45, 7) is 8.13. The number of hydrogen-bond acceptors (Lipinski definition) is 2. The van der Waals surface area contributed by atoms with Gasteiger partial charge in [-0.25, -0.2) is 0 Å². The molecule has 2 nitrogen and oxygen atoms in total. The van der Waals surface area contributed by atoms with Gasteiger partial charge in [-0.3, -0.25) is 0 Å². The molecule has 0 unspecified atom stereocenters. The molecule has 0 fully saturated rings. The van der Waals surface area contributed by atoms with Crippen molar-refractivity contribution >= 4 is 8.07 Å². The van der Waals surface area contributed by atoms with E-state index < -0.39 is 8.07 Å². The molecule has 0 radical (unpaired) electrons. The van der Waals surface area contributed by atoms with E-state index in [4.69, 9.17) is 4.74 Å². The molecule has 0 aliphatic carbocycles. The first-order valence-electron chi connectivity index (χ1n) is 6.77. The highest BCUT2D eigenvalue weighted by molar-refractivity contribution is 6.76. The third-order valence-corrected chi connectivity index (χ3v) is 4.74. The highest BCUT2D eigenvalue weighted by atomic mass is 28.3. The minimum atomic E-state index is -0.960. The van der Waals surface area contributed by atoms with Crippen LogP contribution in [0.5, 0.6) is 0 Å². The van der Waals surface area contributed by atoms with Crippen LogP contribution in [0.2, 0.25) is 25.7 Å². The molecule has 1 rings (SSSR count). The maximum absolute atomic E-state index is 9.81. The van der Waals surface area contributed by atoms with Crippen molar-refractivity contribution in [2.45, 2.75) is 51.2 Å². The molecule has 3 heteroatoms. The van der Waals surface area contributed by atoms with E-state index in [1.165, 1.54) is 6.04 Å². The molecule has 0 saturated carbocycles. The SMILES string of the molecule is C[Si](C)(C)CCC[C@@H](O)COCc1ccccc1.